The summed E-state index contributed by atoms with van der Waals surface area (Å²) in [6.45, 7) is 4.12. The number of fused-ring (bicyclic) bond motifs is 2. The summed E-state index contributed by atoms with van der Waals surface area (Å²) >= 11 is 0. The van der Waals surface area contributed by atoms with E-state index >= 15 is 0 Å². The van der Waals surface area contributed by atoms with Gasteiger partial charge in [0.25, 0.3) is 0 Å². The van der Waals surface area contributed by atoms with Crippen molar-refractivity contribution in [3.63, 3.8) is 0 Å². The predicted octanol–water partition coefficient (Wildman–Crippen LogP) is 3.36. The Morgan fingerprint density at radius 2 is 2.03 bits per heavy atom. The number of nitrogens with one attached hydrogen (secondary N) is 2. The van der Waals surface area contributed by atoms with Gasteiger partial charge < -0.3 is 9.55 Å². The molecule has 8 nitrogen and oxygen atoms in total. The molecule has 1 aromatic carbocycles. The highest BCUT2D eigenvalue weighted by atomic mass is 19.1. The van der Waals surface area contributed by atoms with Gasteiger partial charge in [0.05, 0.1) is 41.8 Å². The Morgan fingerprint density at radius 3 is 2.80 bits per heavy atom. The summed E-state index contributed by atoms with van der Waals surface area (Å²) in [6, 6.07) is 8.04. The van der Waals surface area contributed by atoms with Crippen LogP contribution in [0, 0.1) is 17.1 Å². The van der Waals surface area contributed by atoms with Crippen molar-refractivity contribution in [2.24, 2.45) is 5.92 Å². The number of aromatic nitrogens is 7. The van der Waals surface area contributed by atoms with Crippen LogP contribution in [0.3, 0.4) is 0 Å². The van der Waals surface area contributed by atoms with E-state index in [-0.39, 0.29) is 23.3 Å². The first-order chi connectivity index (χ1) is 14.5. The van der Waals surface area contributed by atoms with Gasteiger partial charge in [0.1, 0.15) is 11.3 Å². The molecule has 0 spiro atoms. The predicted molar refractivity (Wildman–Crippen MR) is 110 cm³/mol. The van der Waals surface area contributed by atoms with Crippen molar-refractivity contribution >= 4 is 22.1 Å². The number of benzene rings is 1. The summed E-state index contributed by atoms with van der Waals surface area (Å²) in [7, 11) is 0. The molecule has 4 heterocycles. The van der Waals surface area contributed by atoms with Crippen LogP contribution >= 0.6 is 0 Å². The topological polar surface area (TPSA) is 101 Å². The molecule has 9 heteroatoms. The Morgan fingerprint density at radius 1 is 1.17 bits per heavy atom. The lowest BCUT2D eigenvalue weighted by atomic mass is 9.98. The third-order valence-electron chi connectivity index (χ3n) is 5.19. The molecule has 0 radical (unpaired) electrons. The first-order valence-corrected chi connectivity index (χ1v) is 9.58. The van der Waals surface area contributed by atoms with E-state index in [2.05, 4.69) is 33.8 Å². The fourth-order valence-corrected chi connectivity index (χ4v) is 3.85. The summed E-state index contributed by atoms with van der Waals surface area (Å²) in [6.07, 6.45) is 6.52. The molecular weight excluding hydrogens is 383 g/mol. The molecule has 150 valence electrons. The fraction of sp³-hybridized carbons (Fsp3) is 0.190. The van der Waals surface area contributed by atoms with E-state index in [0.717, 1.165) is 16.8 Å². The molecule has 5 rings (SSSR count). The summed E-state index contributed by atoms with van der Waals surface area (Å²) < 4.78 is 17.6. The van der Waals surface area contributed by atoms with Gasteiger partial charge >= 0.3 is 0 Å². The zero-order valence-corrected chi connectivity index (χ0v) is 16.4. The second-order valence-electron chi connectivity index (χ2n) is 7.46. The minimum atomic E-state index is -0.338. The van der Waals surface area contributed by atoms with Crippen LogP contribution in [0.15, 0.2) is 55.4 Å². The average Bonchev–Trinajstić information content (AvgIpc) is 3.36. The number of nitrogens with zero attached hydrogens (tertiary/aromatic N) is 6. The van der Waals surface area contributed by atoms with E-state index in [1.54, 1.807) is 34.0 Å². The van der Waals surface area contributed by atoms with E-state index in [1.165, 1.54) is 18.5 Å². The monoisotopic (exact) mass is 402 g/mol. The molecule has 0 aliphatic carbocycles. The van der Waals surface area contributed by atoms with E-state index in [0.29, 0.717) is 16.7 Å². The molecule has 5 aromatic rings. The second kappa shape index (κ2) is 6.87. The van der Waals surface area contributed by atoms with Crippen molar-refractivity contribution in [1.82, 2.24) is 34.3 Å². The van der Waals surface area contributed by atoms with Gasteiger partial charge in [-0.05, 0) is 30.2 Å². The van der Waals surface area contributed by atoms with E-state index in [4.69, 9.17) is 10.5 Å². The minimum absolute atomic E-state index is 0.0896. The van der Waals surface area contributed by atoms with Gasteiger partial charge in [0.15, 0.2) is 11.1 Å². The molecule has 0 saturated carbocycles. The molecule has 0 fully saturated rings. The Labute approximate surface area is 170 Å². The van der Waals surface area contributed by atoms with Crippen LogP contribution in [0.5, 0.6) is 0 Å². The van der Waals surface area contributed by atoms with Crippen molar-refractivity contribution in [2.45, 2.75) is 19.9 Å². The number of H-pyrrole nitrogens is 1. The Hall–Kier alpha value is -3.88. The molecular formula is C21H19FN8. The number of pyridine rings is 1. The standard InChI is InChI=1S/C21H19FN8/c1-12(2)19(29-11-27-21-18(20(29)23)25-10-26-21)17-15-6-5-13(22)8-16(15)30(28-17)14-4-3-7-24-9-14/h3-12,19,23H,1-2H3,(H,25,26). The van der Waals surface area contributed by atoms with Crippen molar-refractivity contribution < 1.29 is 4.39 Å². The highest BCUT2D eigenvalue weighted by molar-refractivity contribution is 5.84. The molecule has 0 saturated heterocycles. The first-order valence-electron chi connectivity index (χ1n) is 9.58. The quantitative estimate of drug-likeness (QED) is 0.481. The zero-order valence-electron chi connectivity index (χ0n) is 16.4. The van der Waals surface area contributed by atoms with Crippen LogP contribution < -0.4 is 5.49 Å². The third kappa shape index (κ3) is 2.78. The highest BCUT2D eigenvalue weighted by Crippen LogP contribution is 2.32. The SMILES string of the molecule is CC(C)C(c1nn(-c2cccnc2)c2cc(F)ccc12)n1cnc2nc[nH]c2c1=N. The average molecular weight is 402 g/mol. The Bertz CT molecular complexity index is 1410. The maximum atomic E-state index is 14.1. The zero-order chi connectivity index (χ0) is 20.8. The van der Waals surface area contributed by atoms with Crippen molar-refractivity contribution in [2.75, 3.05) is 0 Å². The van der Waals surface area contributed by atoms with Gasteiger partial charge in [-0.3, -0.25) is 10.4 Å². The van der Waals surface area contributed by atoms with E-state index < -0.39 is 0 Å². The van der Waals surface area contributed by atoms with Gasteiger partial charge in [0.2, 0.25) is 0 Å². The maximum Gasteiger partial charge on any atom is 0.182 e. The fourth-order valence-electron chi connectivity index (χ4n) is 3.85. The molecule has 4 aromatic heterocycles. The van der Waals surface area contributed by atoms with Crippen LogP contribution in [-0.2, 0) is 0 Å². The lowest BCUT2D eigenvalue weighted by molar-refractivity contribution is 0.410. The van der Waals surface area contributed by atoms with Gasteiger partial charge in [-0.25, -0.2) is 19.0 Å². The lowest BCUT2D eigenvalue weighted by Crippen LogP contribution is -2.29. The summed E-state index contributed by atoms with van der Waals surface area (Å²) in [4.78, 5) is 15.7. The smallest absolute Gasteiger partial charge is 0.182 e. The number of halogens is 1. The largest absolute Gasteiger partial charge is 0.340 e. The number of imidazole rings is 1. The number of rotatable bonds is 4. The Kier molecular flexibility index (Phi) is 4.16. The van der Waals surface area contributed by atoms with Crippen LogP contribution in [0.1, 0.15) is 25.6 Å². The second-order valence-corrected chi connectivity index (χ2v) is 7.46. The minimum Gasteiger partial charge on any atom is -0.340 e. The van der Waals surface area contributed by atoms with E-state index in [1.807, 2.05) is 12.1 Å². The molecule has 0 aliphatic heterocycles. The molecule has 0 amide bonds. The molecule has 0 aliphatic rings. The normalized spacial score (nSPS) is 12.8. The third-order valence-corrected chi connectivity index (χ3v) is 5.19. The summed E-state index contributed by atoms with van der Waals surface area (Å²) in [5, 5.41) is 14.4. The number of hydrogen-bond acceptors (Lipinski definition) is 5. The van der Waals surface area contributed by atoms with Crippen LogP contribution in [0.25, 0.3) is 27.8 Å². The molecule has 0 bridgehead atoms. The molecule has 1 atom stereocenters. The van der Waals surface area contributed by atoms with Crippen LogP contribution in [0.2, 0.25) is 0 Å². The molecule has 1 unspecified atom stereocenters. The van der Waals surface area contributed by atoms with Gasteiger partial charge in [-0.1, -0.05) is 13.8 Å². The summed E-state index contributed by atoms with van der Waals surface area (Å²) in [5.41, 5.74) is 3.44. The van der Waals surface area contributed by atoms with Gasteiger partial charge in [-0.15, -0.1) is 0 Å². The molecule has 30 heavy (non-hydrogen) atoms. The lowest BCUT2D eigenvalue weighted by Gasteiger charge is -2.22. The van der Waals surface area contributed by atoms with Gasteiger partial charge in [0, 0.05) is 17.6 Å². The van der Waals surface area contributed by atoms with Crippen LogP contribution in [-0.4, -0.2) is 34.3 Å². The summed E-state index contributed by atoms with van der Waals surface area (Å²) in [5.74, 6) is -0.249. The number of hydrogen-bond donors (Lipinski definition) is 2. The highest BCUT2D eigenvalue weighted by Gasteiger charge is 2.26. The number of aromatic amines is 1. The first kappa shape index (κ1) is 18.2. The van der Waals surface area contributed by atoms with E-state index in [9.17, 15) is 4.39 Å². The van der Waals surface area contributed by atoms with Gasteiger partial charge in [-0.2, -0.15) is 5.10 Å². The van der Waals surface area contributed by atoms with Crippen molar-refractivity contribution in [3.8, 4) is 5.69 Å². The Balaban J connectivity index is 1.79. The van der Waals surface area contributed by atoms with Crippen LogP contribution in [0.4, 0.5) is 4.39 Å². The maximum absolute atomic E-state index is 14.1. The molecule has 2 N–H and O–H groups in total. The van der Waals surface area contributed by atoms with Crippen molar-refractivity contribution in [1.29, 1.82) is 5.41 Å². The van der Waals surface area contributed by atoms with Crippen molar-refractivity contribution in [3.05, 3.63) is 72.4 Å².